The Kier molecular flexibility index (Phi) is 2.82. The van der Waals surface area contributed by atoms with Gasteiger partial charge in [-0.25, -0.2) is 0 Å². The van der Waals surface area contributed by atoms with Crippen molar-refractivity contribution >= 4 is 0 Å². The molecule has 4 nitrogen and oxygen atoms in total. The minimum atomic E-state index is 0.192. The van der Waals surface area contributed by atoms with E-state index in [2.05, 4.69) is 10.1 Å². The van der Waals surface area contributed by atoms with Crippen LogP contribution in [0.4, 0.5) is 0 Å². The molecule has 78 valence electrons. The molecular weight excluding hydrogens is 178 g/mol. The van der Waals surface area contributed by atoms with E-state index in [1.165, 1.54) is 19.3 Å². The lowest BCUT2D eigenvalue weighted by Crippen LogP contribution is -2.27. The molecule has 2 unspecified atom stereocenters. The van der Waals surface area contributed by atoms with Gasteiger partial charge in [-0.2, -0.15) is 4.98 Å². The molecular formula is C10H17N3O. The molecule has 2 N–H and O–H groups in total. The summed E-state index contributed by atoms with van der Waals surface area (Å²) in [5.41, 5.74) is 6.09. The second-order valence-corrected chi connectivity index (χ2v) is 4.09. The Labute approximate surface area is 83.9 Å². The van der Waals surface area contributed by atoms with Crippen molar-refractivity contribution < 1.29 is 4.52 Å². The van der Waals surface area contributed by atoms with Crippen LogP contribution >= 0.6 is 0 Å². The Morgan fingerprint density at radius 2 is 2.07 bits per heavy atom. The Hall–Kier alpha value is -0.900. The van der Waals surface area contributed by atoms with Gasteiger partial charge < -0.3 is 10.3 Å². The summed E-state index contributed by atoms with van der Waals surface area (Å²) < 4.78 is 5.19. The maximum atomic E-state index is 6.09. The van der Waals surface area contributed by atoms with E-state index in [-0.39, 0.29) is 12.0 Å². The molecule has 0 radical (unpaired) electrons. The van der Waals surface area contributed by atoms with Gasteiger partial charge in [0.25, 0.3) is 0 Å². The molecule has 1 saturated carbocycles. The van der Waals surface area contributed by atoms with E-state index in [9.17, 15) is 0 Å². The van der Waals surface area contributed by atoms with E-state index >= 15 is 0 Å². The third-order valence-corrected chi connectivity index (χ3v) is 2.93. The molecule has 1 aromatic heterocycles. The van der Waals surface area contributed by atoms with E-state index in [0.29, 0.717) is 5.82 Å². The van der Waals surface area contributed by atoms with E-state index in [0.717, 1.165) is 18.7 Å². The normalized spacial score (nSPS) is 28.7. The molecule has 2 rings (SSSR count). The SMILES string of the molecule is Cc1noc(C2CCCCCC2N)n1. The first-order valence-electron chi connectivity index (χ1n) is 5.33. The predicted octanol–water partition coefficient (Wildman–Crippen LogP) is 1.75. The molecule has 0 amide bonds. The zero-order valence-electron chi connectivity index (χ0n) is 8.57. The summed E-state index contributed by atoms with van der Waals surface area (Å²) >= 11 is 0. The maximum Gasteiger partial charge on any atom is 0.231 e. The Balaban J connectivity index is 2.14. The fourth-order valence-electron chi connectivity index (χ4n) is 2.11. The molecule has 1 aliphatic rings. The van der Waals surface area contributed by atoms with Gasteiger partial charge in [-0.05, 0) is 19.8 Å². The summed E-state index contributed by atoms with van der Waals surface area (Å²) in [6.07, 6.45) is 5.89. The molecule has 14 heavy (non-hydrogen) atoms. The molecule has 4 heteroatoms. The quantitative estimate of drug-likeness (QED) is 0.693. The highest BCUT2D eigenvalue weighted by atomic mass is 16.5. The molecule has 1 aromatic rings. The van der Waals surface area contributed by atoms with Crippen LogP contribution < -0.4 is 5.73 Å². The molecule has 1 aliphatic carbocycles. The molecule has 1 fully saturated rings. The number of nitrogens with zero attached hydrogens (tertiary/aromatic N) is 2. The van der Waals surface area contributed by atoms with E-state index < -0.39 is 0 Å². The Morgan fingerprint density at radius 1 is 1.29 bits per heavy atom. The molecule has 0 aliphatic heterocycles. The Morgan fingerprint density at radius 3 is 2.79 bits per heavy atom. The number of hydrogen-bond acceptors (Lipinski definition) is 4. The van der Waals surface area contributed by atoms with Crippen LogP contribution in [0.3, 0.4) is 0 Å². The first-order chi connectivity index (χ1) is 6.77. The average Bonchev–Trinajstić information content (AvgIpc) is 2.46. The number of nitrogens with two attached hydrogens (primary N) is 1. The summed E-state index contributed by atoms with van der Waals surface area (Å²) in [5.74, 6) is 1.71. The van der Waals surface area contributed by atoms with Crippen molar-refractivity contribution in [2.75, 3.05) is 0 Å². The van der Waals surface area contributed by atoms with Gasteiger partial charge in [-0.1, -0.05) is 24.4 Å². The van der Waals surface area contributed by atoms with E-state index in [4.69, 9.17) is 10.3 Å². The van der Waals surface area contributed by atoms with Crippen LogP contribution in [0.15, 0.2) is 4.52 Å². The standard InChI is InChI=1S/C10H17N3O/c1-7-12-10(14-13-7)8-5-3-2-4-6-9(8)11/h8-9H,2-6,11H2,1H3. The van der Waals surface area contributed by atoms with Gasteiger partial charge in [0.05, 0.1) is 5.92 Å². The summed E-state index contributed by atoms with van der Waals surface area (Å²) in [5, 5.41) is 3.82. The van der Waals surface area contributed by atoms with Gasteiger partial charge in [0.1, 0.15) is 0 Å². The largest absolute Gasteiger partial charge is 0.339 e. The van der Waals surface area contributed by atoms with Gasteiger partial charge in [0, 0.05) is 6.04 Å². The van der Waals surface area contributed by atoms with Crippen molar-refractivity contribution in [1.82, 2.24) is 10.1 Å². The van der Waals surface area contributed by atoms with Gasteiger partial charge in [0.15, 0.2) is 5.82 Å². The van der Waals surface area contributed by atoms with Gasteiger partial charge in [-0.3, -0.25) is 0 Å². The monoisotopic (exact) mass is 195 g/mol. The zero-order chi connectivity index (χ0) is 9.97. The van der Waals surface area contributed by atoms with Crippen LogP contribution in [0.5, 0.6) is 0 Å². The highest BCUT2D eigenvalue weighted by Gasteiger charge is 2.26. The topological polar surface area (TPSA) is 64.9 Å². The smallest absolute Gasteiger partial charge is 0.231 e. The molecule has 0 aromatic carbocycles. The van der Waals surface area contributed by atoms with Gasteiger partial charge in [-0.15, -0.1) is 0 Å². The number of hydrogen-bond donors (Lipinski definition) is 1. The van der Waals surface area contributed by atoms with Gasteiger partial charge in [0.2, 0.25) is 5.89 Å². The first kappa shape index (κ1) is 9.65. The average molecular weight is 195 g/mol. The van der Waals surface area contributed by atoms with Crippen LogP contribution in [0.25, 0.3) is 0 Å². The van der Waals surface area contributed by atoms with Crippen LogP contribution in [0, 0.1) is 6.92 Å². The number of aromatic nitrogens is 2. The third-order valence-electron chi connectivity index (χ3n) is 2.93. The summed E-state index contributed by atoms with van der Waals surface area (Å²) in [6, 6.07) is 0.192. The molecule has 2 atom stereocenters. The third kappa shape index (κ3) is 1.95. The van der Waals surface area contributed by atoms with Crippen molar-refractivity contribution in [2.45, 2.75) is 51.0 Å². The molecule has 0 bridgehead atoms. The fraction of sp³-hybridized carbons (Fsp3) is 0.800. The van der Waals surface area contributed by atoms with Gasteiger partial charge >= 0.3 is 0 Å². The minimum absolute atomic E-state index is 0.192. The lowest BCUT2D eigenvalue weighted by Gasteiger charge is -2.16. The predicted molar refractivity (Wildman–Crippen MR) is 52.8 cm³/mol. The number of aryl methyl sites for hydroxylation is 1. The fourth-order valence-corrected chi connectivity index (χ4v) is 2.11. The maximum absolute atomic E-state index is 6.09. The van der Waals surface area contributed by atoms with Crippen LogP contribution in [0.2, 0.25) is 0 Å². The molecule has 1 heterocycles. The first-order valence-corrected chi connectivity index (χ1v) is 5.33. The van der Waals surface area contributed by atoms with Crippen molar-refractivity contribution in [3.8, 4) is 0 Å². The second-order valence-electron chi connectivity index (χ2n) is 4.09. The lowest BCUT2D eigenvalue weighted by atomic mass is 9.95. The second kappa shape index (κ2) is 4.09. The molecule has 0 spiro atoms. The highest BCUT2D eigenvalue weighted by molar-refractivity contribution is 4.98. The summed E-state index contributed by atoms with van der Waals surface area (Å²) in [4.78, 5) is 4.27. The Bertz CT molecular complexity index is 297. The van der Waals surface area contributed by atoms with Crippen LogP contribution in [-0.4, -0.2) is 16.2 Å². The van der Waals surface area contributed by atoms with E-state index in [1.807, 2.05) is 6.92 Å². The van der Waals surface area contributed by atoms with E-state index in [1.54, 1.807) is 0 Å². The zero-order valence-corrected chi connectivity index (χ0v) is 8.57. The van der Waals surface area contributed by atoms with Crippen molar-refractivity contribution in [2.24, 2.45) is 5.73 Å². The van der Waals surface area contributed by atoms with Crippen molar-refractivity contribution in [3.63, 3.8) is 0 Å². The van der Waals surface area contributed by atoms with Crippen molar-refractivity contribution in [1.29, 1.82) is 0 Å². The lowest BCUT2D eigenvalue weighted by molar-refractivity contribution is 0.324. The highest BCUT2D eigenvalue weighted by Crippen LogP contribution is 2.29. The van der Waals surface area contributed by atoms with Crippen LogP contribution in [-0.2, 0) is 0 Å². The molecule has 0 saturated heterocycles. The van der Waals surface area contributed by atoms with Crippen LogP contribution in [0.1, 0.15) is 49.7 Å². The minimum Gasteiger partial charge on any atom is -0.339 e. The summed E-state index contributed by atoms with van der Waals surface area (Å²) in [6.45, 7) is 1.84. The number of rotatable bonds is 1. The van der Waals surface area contributed by atoms with Crippen molar-refractivity contribution in [3.05, 3.63) is 11.7 Å². The summed E-state index contributed by atoms with van der Waals surface area (Å²) in [7, 11) is 0.